The molecule has 2 rings (SSSR count). The Bertz CT molecular complexity index is 599. The fourth-order valence-electron chi connectivity index (χ4n) is 3.23. The number of likely N-dealkylation sites (tertiary alicyclic amines) is 1. The molecule has 140 valence electrons. The van der Waals surface area contributed by atoms with Crippen LogP contribution in [0.1, 0.15) is 36.5 Å². The molecule has 7 heteroatoms. The second-order valence-electron chi connectivity index (χ2n) is 5.95. The van der Waals surface area contributed by atoms with Crippen LogP contribution in [-0.2, 0) is 0 Å². The number of carbonyl (C=O) groups excluding carboxylic acids is 1. The molecule has 25 heavy (non-hydrogen) atoms. The van der Waals surface area contributed by atoms with Gasteiger partial charge in [-0.1, -0.05) is 6.42 Å². The van der Waals surface area contributed by atoms with Crippen molar-refractivity contribution in [3.05, 3.63) is 22.2 Å². The molecule has 5 nitrogen and oxygen atoms in total. The van der Waals surface area contributed by atoms with Gasteiger partial charge < -0.3 is 19.5 Å². The quantitative estimate of drug-likeness (QED) is 0.742. The molecule has 0 spiro atoms. The zero-order chi connectivity index (χ0) is 18.4. The lowest BCUT2D eigenvalue weighted by Crippen LogP contribution is -2.42. The number of aliphatic hydroxyl groups is 1. The minimum Gasteiger partial charge on any atom is -0.493 e. The Labute approximate surface area is 162 Å². The monoisotopic (exact) mass is 431 g/mol. The van der Waals surface area contributed by atoms with Gasteiger partial charge in [-0.15, -0.1) is 11.8 Å². The van der Waals surface area contributed by atoms with Crippen molar-refractivity contribution in [2.75, 3.05) is 33.1 Å². The second kappa shape index (κ2) is 9.69. The molecule has 1 aliphatic heterocycles. The van der Waals surface area contributed by atoms with Crippen molar-refractivity contribution in [1.29, 1.82) is 0 Å². The van der Waals surface area contributed by atoms with Crippen molar-refractivity contribution in [2.24, 2.45) is 5.92 Å². The number of nitrogens with zero attached hydrogens (tertiary/aromatic N) is 1. The lowest BCUT2D eigenvalue weighted by Gasteiger charge is -2.33. The number of hydrogen-bond acceptors (Lipinski definition) is 5. The highest BCUT2D eigenvalue weighted by atomic mass is 79.9. The number of rotatable bonds is 6. The first-order chi connectivity index (χ1) is 12.1. The summed E-state index contributed by atoms with van der Waals surface area (Å²) in [4.78, 5) is 15.2. The molecule has 0 radical (unpaired) electrons. The highest BCUT2D eigenvalue weighted by Gasteiger charge is 2.33. The molecule has 2 unspecified atom stereocenters. The number of hydrogen-bond donors (Lipinski definition) is 1. The molecule has 1 fully saturated rings. The third-order valence-electron chi connectivity index (χ3n) is 4.47. The number of halogens is 1. The van der Waals surface area contributed by atoms with Crippen LogP contribution < -0.4 is 9.47 Å². The zero-order valence-electron chi connectivity index (χ0n) is 15.0. The van der Waals surface area contributed by atoms with E-state index in [-0.39, 0.29) is 23.8 Å². The highest BCUT2D eigenvalue weighted by Crippen LogP contribution is 2.39. The Hall–Kier alpha value is -0.920. The summed E-state index contributed by atoms with van der Waals surface area (Å²) in [6.07, 6.45) is 4.92. The lowest BCUT2D eigenvalue weighted by molar-refractivity contribution is 0.0686. The number of benzene rings is 1. The number of amides is 1. The van der Waals surface area contributed by atoms with E-state index in [2.05, 4.69) is 15.9 Å². The molecule has 0 saturated carbocycles. The average Bonchev–Trinajstić information content (AvgIpc) is 2.84. The van der Waals surface area contributed by atoms with Crippen LogP contribution in [0.15, 0.2) is 16.6 Å². The third kappa shape index (κ3) is 4.44. The SMILES string of the molecule is CCOc1c(OC)ccc(C(=O)N2CCCCC(CO)C2SC)c1Br. The smallest absolute Gasteiger partial charge is 0.256 e. The maximum absolute atomic E-state index is 13.3. The molecule has 1 heterocycles. The van der Waals surface area contributed by atoms with Gasteiger partial charge in [-0.25, -0.2) is 0 Å². The first-order valence-electron chi connectivity index (χ1n) is 8.52. The Morgan fingerprint density at radius 1 is 1.44 bits per heavy atom. The van der Waals surface area contributed by atoms with Gasteiger partial charge in [-0.05, 0) is 54.1 Å². The molecule has 0 aromatic heterocycles. The van der Waals surface area contributed by atoms with Crippen molar-refractivity contribution >= 4 is 33.6 Å². The first kappa shape index (κ1) is 20.4. The van der Waals surface area contributed by atoms with Crippen LogP contribution in [0, 0.1) is 5.92 Å². The molecule has 1 amide bonds. The van der Waals surface area contributed by atoms with Crippen LogP contribution >= 0.6 is 27.7 Å². The minimum absolute atomic E-state index is 0.0236. The predicted molar refractivity (Wildman–Crippen MR) is 105 cm³/mol. The van der Waals surface area contributed by atoms with Gasteiger partial charge in [-0.3, -0.25) is 4.79 Å². The van der Waals surface area contributed by atoms with Crippen LogP contribution in [0.3, 0.4) is 0 Å². The van der Waals surface area contributed by atoms with Gasteiger partial charge in [0.2, 0.25) is 0 Å². The molecular formula is C18H26BrNO4S. The van der Waals surface area contributed by atoms with E-state index in [9.17, 15) is 9.90 Å². The predicted octanol–water partition coefficient (Wildman–Crippen LogP) is 3.78. The van der Waals surface area contributed by atoms with Crippen LogP contribution in [0.25, 0.3) is 0 Å². The van der Waals surface area contributed by atoms with E-state index < -0.39 is 0 Å². The second-order valence-corrected chi connectivity index (χ2v) is 7.70. The summed E-state index contributed by atoms with van der Waals surface area (Å²) >= 11 is 5.15. The van der Waals surface area contributed by atoms with Crippen molar-refractivity contribution in [3.63, 3.8) is 0 Å². The van der Waals surface area contributed by atoms with Gasteiger partial charge in [0.25, 0.3) is 5.91 Å². The van der Waals surface area contributed by atoms with Gasteiger partial charge in [0, 0.05) is 19.1 Å². The molecule has 1 saturated heterocycles. The van der Waals surface area contributed by atoms with E-state index in [0.717, 1.165) is 19.3 Å². The van der Waals surface area contributed by atoms with Gasteiger partial charge in [0.15, 0.2) is 11.5 Å². The molecule has 1 aromatic rings. The molecule has 0 aliphatic carbocycles. The van der Waals surface area contributed by atoms with Crippen LogP contribution in [-0.4, -0.2) is 54.4 Å². The van der Waals surface area contributed by atoms with Crippen LogP contribution in [0.5, 0.6) is 11.5 Å². The number of methoxy groups -OCH3 is 1. The van der Waals surface area contributed by atoms with Gasteiger partial charge >= 0.3 is 0 Å². The maximum atomic E-state index is 13.3. The van der Waals surface area contributed by atoms with Crippen molar-refractivity contribution < 1.29 is 19.4 Å². The topological polar surface area (TPSA) is 59.0 Å². The summed E-state index contributed by atoms with van der Waals surface area (Å²) < 4.78 is 11.6. The number of ether oxygens (including phenoxy) is 2. The van der Waals surface area contributed by atoms with Crippen molar-refractivity contribution in [2.45, 2.75) is 31.6 Å². The summed E-state index contributed by atoms with van der Waals surface area (Å²) in [6, 6.07) is 3.53. The van der Waals surface area contributed by atoms with Crippen molar-refractivity contribution in [3.8, 4) is 11.5 Å². The molecule has 2 atom stereocenters. The molecule has 0 bridgehead atoms. The largest absolute Gasteiger partial charge is 0.493 e. The number of carbonyl (C=O) groups is 1. The minimum atomic E-state index is -0.0461. The fraction of sp³-hybridized carbons (Fsp3) is 0.611. The molecule has 1 N–H and O–H groups in total. The average molecular weight is 432 g/mol. The lowest BCUT2D eigenvalue weighted by atomic mass is 10.0. The summed E-state index contributed by atoms with van der Waals surface area (Å²) in [7, 11) is 1.58. The van der Waals surface area contributed by atoms with E-state index in [1.807, 2.05) is 18.1 Å². The van der Waals surface area contributed by atoms with Crippen LogP contribution in [0.2, 0.25) is 0 Å². The van der Waals surface area contributed by atoms with Gasteiger partial charge in [0.1, 0.15) is 0 Å². The summed E-state index contributed by atoms with van der Waals surface area (Å²) in [5, 5.41) is 9.70. The molecular weight excluding hydrogens is 406 g/mol. The Morgan fingerprint density at radius 3 is 2.80 bits per heavy atom. The molecule has 1 aliphatic rings. The fourth-order valence-corrected chi connectivity index (χ4v) is 4.90. The Morgan fingerprint density at radius 2 is 2.20 bits per heavy atom. The summed E-state index contributed by atoms with van der Waals surface area (Å²) in [5.41, 5.74) is 0.557. The first-order valence-corrected chi connectivity index (χ1v) is 10.6. The summed E-state index contributed by atoms with van der Waals surface area (Å²) in [5.74, 6) is 1.20. The standard InChI is InChI=1S/C18H26BrNO4S/c1-4-24-16-14(23-2)9-8-13(15(16)19)17(22)20-10-6-5-7-12(11-21)18(20)25-3/h8-9,12,18,21H,4-7,10-11H2,1-3H3. The highest BCUT2D eigenvalue weighted by molar-refractivity contribution is 9.10. The Balaban J connectivity index is 2.39. The third-order valence-corrected chi connectivity index (χ3v) is 6.38. The van der Waals surface area contributed by atoms with E-state index in [1.54, 1.807) is 31.0 Å². The number of aliphatic hydroxyl groups excluding tert-OH is 1. The van der Waals surface area contributed by atoms with E-state index in [4.69, 9.17) is 9.47 Å². The molecule has 1 aromatic carbocycles. The van der Waals surface area contributed by atoms with E-state index in [0.29, 0.717) is 34.7 Å². The van der Waals surface area contributed by atoms with E-state index >= 15 is 0 Å². The van der Waals surface area contributed by atoms with Gasteiger partial charge in [0.05, 0.1) is 29.1 Å². The summed E-state index contributed by atoms with van der Waals surface area (Å²) in [6.45, 7) is 3.17. The van der Waals surface area contributed by atoms with E-state index in [1.165, 1.54) is 0 Å². The number of thioether (sulfide) groups is 1. The normalized spacial score (nSPS) is 20.9. The maximum Gasteiger partial charge on any atom is 0.256 e. The Kier molecular flexibility index (Phi) is 7.90. The van der Waals surface area contributed by atoms with Crippen LogP contribution in [0.4, 0.5) is 0 Å². The van der Waals surface area contributed by atoms with Crippen molar-refractivity contribution in [1.82, 2.24) is 4.90 Å². The van der Waals surface area contributed by atoms with Gasteiger partial charge in [-0.2, -0.15) is 0 Å². The zero-order valence-corrected chi connectivity index (χ0v) is 17.4.